The van der Waals surface area contributed by atoms with E-state index in [0.29, 0.717) is 12.4 Å². The van der Waals surface area contributed by atoms with E-state index in [1.807, 2.05) is 6.92 Å². The van der Waals surface area contributed by atoms with E-state index in [9.17, 15) is 13.2 Å². The predicted molar refractivity (Wildman–Crippen MR) is 70.5 cm³/mol. The van der Waals surface area contributed by atoms with Crippen molar-refractivity contribution in [3.8, 4) is 5.75 Å². The Morgan fingerprint density at radius 3 is 2.86 bits per heavy atom. The molecule has 0 saturated heterocycles. The van der Waals surface area contributed by atoms with Crippen LogP contribution in [-0.4, -0.2) is 21.4 Å². The van der Waals surface area contributed by atoms with Gasteiger partial charge in [0.1, 0.15) is 6.33 Å². The molecule has 1 aromatic heterocycles. The molecule has 0 bridgehead atoms. The Labute approximate surface area is 118 Å². The minimum Gasteiger partial charge on any atom is -0.432 e. The molecule has 0 aliphatic rings. The molecule has 21 heavy (non-hydrogen) atoms. The molecule has 0 spiro atoms. The Morgan fingerprint density at radius 2 is 2.19 bits per heavy atom. The molecule has 2 rings (SSSR count). The number of alkyl halides is 2. The van der Waals surface area contributed by atoms with Gasteiger partial charge in [-0.05, 0) is 6.92 Å². The third-order valence-corrected chi connectivity index (χ3v) is 2.79. The van der Waals surface area contributed by atoms with Crippen LogP contribution in [0.5, 0.6) is 5.75 Å². The lowest BCUT2D eigenvalue weighted by atomic mass is 10.2. The van der Waals surface area contributed by atoms with Crippen LogP contribution in [0.15, 0.2) is 18.5 Å². The molecular weight excluding hydrogens is 287 g/mol. The topological polar surface area (TPSA) is 78.0 Å². The second kappa shape index (κ2) is 6.33. The largest absolute Gasteiger partial charge is 0.432 e. The van der Waals surface area contributed by atoms with Crippen molar-refractivity contribution in [3.63, 3.8) is 0 Å². The van der Waals surface area contributed by atoms with Crippen molar-refractivity contribution >= 4 is 11.4 Å². The van der Waals surface area contributed by atoms with Crippen LogP contribution in [0.1, 0.15) is 12.7 Å². The number of hydrogen-bond acceptors (Lipinski definition) is 5. The zero-order valence-electron chi connectivity index (χ0n) is 11.2. The van der Waals surface area contributed by atoms with Gasteiger partial charge in [-0.2, -0.15) is 8.78 Å². The Morgan fingerprint density at radius 1 is 1.43 bits per heavy atom. The van der Waals surface area contributed by atoms with Gasteiger partial charge in [-0.1, -0.05) is 0 Å². The van der Waals surface area contributed by atoms with E-state index in [1.54, 1.807) is 10.9 Å². The summed E-state index contributed by atoms with van der Waals surface area (Å²) in [6.45, 7) is -0.243. The van der Waals surface area contributed by atoms with Crippen LogP contribution in [0.2, 0.25) is 0 Å². The lowest BCUT2D eigenvalue weighted by Gasteiger charge is -2.12. The normalized spacial score (nSPS) is 10.9. The molecule has 0 radical (unpaired) electrons. The molecule has 1 heterocycles. The van der Waals surface area contributed by atoms with Crippen molar-refractivity contribution < 1.29 is 17.9 Å². The third-order valence-electron chi connectivity index (χ3n) is 2.79. The van der Waals surface area contributed by atoms with E-state index < -0.39 is 18.2 Å². The average Bonchev–Trinajstić information content (AvgIpc) is 2.87. The molecule has 2 aromatic rings. The molecule has 0 fully saturated rings. The van der Waals surface area contributed by atoms with Crippen LogP contribution in [0.3, 0.4) is 0 Å². The van der Waals surface area contributed by atoms with E-state index in [1.165, 1.54) is 0 Å². The van der Waals surface area contributed by atoms with Gasteiger partial charge in [0.15, 0.2) is 17.4 Å². The molecule has 0 amide bonds. The van der Waals surface area contributed by atoms with Gasteiger partial charge in [0.05, 0.1) is 17.9 Å². The molecule has 0 atom stereocenters. The van der Waals surface area contributed by atoms with Crippen LogP contribution in [0.4, 0.5) is 24.5 Å². The number of halogens is 3. The maximum absolute atomic E-state index is 13.4. The van der Waals surface area contributed by atoms with Gasteiger partial charge in [0, 0.05) is 18.7 Å². The average molecular weight is 301 g/mol. The van der Waals surface area contributed by atoms with Gasteiger partial charge < -0.3 is 20.4 Å². The van der Waals surface area contributed by atoms with Gasteiger partial charge in [0.25, 0.3) is 0 Å². The van der Waals surface area contributed by atoms with Gasteiger partial charge >= 0.3 is 6.61 Å². The minimum absolute atomic E-state index is 0.0803. The monoisotopic (exact) mass is 301 g/mol. The van der Waals surface area contributed by atoms with Gasteiger partial charge in [-0.15, -0.1) is 10.2 Å². The van der Waals surface area contributed by atoms with Crippen LogP contribution >= 0.6 is 0 Å². The molecule has 9 heteroatoms. The lowest BCUT2D eigenvalue weighted by Crippen LogP contribution is -2.10. The maximum atomic E-state index is 13.4. The summed E-state index contributed by atoms with van der Waals surface area (Å²) in [5.41, 5.74) is 6.00. The number of nitrogen functional groups attached to an aromatic ring is 1. The fourth-order valence-electron chi connectivity index (χ4n) is 1.76. The summed E-state index contributed by atoms with van der Waals surface area (Å²) in [4.78, 5) is 0. The predicted octanol–water partition coefficient (Wildman–Crippen LogP) is 2.23. The van der Waals surface area contributed by atoms with E-state index >= 15 is 0 Å². The summed E-state index contributed by atoms with van der Waals surface area (Å²) in [5, 5.41) is 10.6. The molecule has 1 aromatic carbocycles. The highest BCUT2D eigenvalue weighted by Gasteiger charge is 2.14. The third kappa shape index (κ3) is 3.56. The van der Waals surface area contributed by atoms with Crippen molar-refractivity contribution in [2.45, 2.75) is 26.6 Å². The molecule has 0 aliphatic carbocycles. The van der Waals surface area contributed by atoms with E-state index in [4.69, 9.17) is 5.73 Å². The van der Waals surface area contributed by atoms with E-state index in [-0.39, 0.29) is 17.9 Å². The van der Waals surface area contributed by atoms with Crippen molar-refractivity contribution in [2.75, 3.05) is 11.1 Å². The zero-order chi connectivity index (χ0) is 15.4. The fourth-order valence-corrected chi connectivity index (χ4v) is 1.76. The highest BCUT2D eigenvalue weighted by atomic mass is 19.3. The van der Waals surface area contributed by atoms with Crippen LogP contribution in [0, 0.1) is 5.82 Å². The van der Waals surface area contributed by atoms with Crippen molar-refractivity contribution in [2.24, 2.45) is 0 Å². The Bertz CT molecular complexity index is 617. The number of hydrogen-bond donors (Lipinski definition) is 2. The standard InChI is InChI=1S/C12H14F3N5O/c1-2-20-6-18-19-11(20)5-17-9-4-10(21-12(14)15)7(13)3-8(9)16/h3-4,6,12,17H,2,5,16H2,1H3. The molecule has 0 unspecified atom stereocenters. The SMILES string of the molecule is CCn1cnnc1CNc1cc(OC(F)F)c(F)cc1N. The minimum atomic E-state index is -3.11. The first-order chi connectivity index (χ1) is 10.0. The smallest absolute Gasteiger partial charge is 0.387 e. The van der Waals surface area contributed by atoms with E-state index in [2.05, 4.69) is 20.3 Å². The second-order valence-electron chi connectivity index (χ2n) is 4.14. The van der Waals surface area contributed by atoms with Crippen molar-refractivity contribution in [1.29, 1.82) is 0 Å². The summed E-state index contributed by atoms with van der Waals surface area (Å²) < 4.78 is 43.7. The van der Waals surface area contributed by atoms with Crippen LogP contribution < -0.4 is 15.8 Å². The first-order valence-electron chi connectivity index (χ1n) is 6.15. The molecule has 6 nitrogen and oxygen atoms in total. The van der Waals surface area contributed by atoms with Gasteiger partial charge in [-0.3, -0.25) is 0 Å². The number of nitrogens with zero attached hydrogens (tertiary/aromatic N) is 3. The second-order valence-corrected chi connectivity index (χ2v) is 4.14. The summed E-state index contributed by atoms with van der Waals surface area (Å²) in [5.74, 6) is -0.883. The van der Waals surface area contributed by atoms with Crippen LogP contribution in [-0.2, 0) is 13.1 Å². The van der Waals surface area contributed by atoms with Crippen LogP contribution in [0.25, 0.3) is 0 Å². The summed E-state index contributed by atoms with van der Waals surface area (Å²) in [7, 11) is 0. The summed E-state index contributed by atoms with van der Waals surface area (Å²) in [6, 6.07) is 2.01. The van der Waals surface area contributed by atoms with Crippen molar-refractivity contribution in [3.05, 3.63) is 30.1 Å². The summed E-state index contributed by atoms with van der Waals surface area (Å²) in [6.07, 6.45) is 1.57. The Balaban J connectivity index is 2.16. The molecule has 114 valence electrons. The highest BCUT2D eigenvalue weighted by molar-refractivity contribution is 5.68. The highest BCUT2D eigenvalue weighted by Crippen LogP contribution is 2.29. The number of nitrogens with two attached hydrogens (primary N) is 1. The number of anilines is 2. The molecule has 0 saturated carbocycles. The summed E-state index contributed by atoms with van der Waals surface area (Å²) >= 11 is 0. The maximum Gasteiger partial charge on any atom is 0.387 e. The van der Waals surface area contributed by atoms with Gasteiger partial charge in [-0.25, -0.2) is 4.39 Å². The van der Waals surface area contributed by atoms with Crippen molar-refractivity contribution in [1.82, 2.24) is 14.8 Å². The first-order valence-corrected chi connectivity index (χ1v) is 6.15. The van der Waals surface area contributed by atoms with Gasteiger partial charge in [0.2, 0.25) is 0 Å². The number of aromatic nitrogens is 3. The molecule has 3 N–H and O–H groups in total. The fraction of sp³-hybridized carbons (Fsp3) is 0.333. The number of rotatable bonds is 6. The molecule has 0 aliphatic heterocycles. The zero-order valence-corrected chi connectivity index (χ0v) is 11.2. The Hall–Kier alpha value is -2.45. The number of benzene rings is 1. The number of nitrogens with one attached hydrogen (secondary N) is 1. The first kappa shape index (κ1) is 14.9. The number of ether oxygens (including phenoxy) is 1. The number of aryl methyl sites for hydroxylation is 1. The lowest BCUT2D eigenvalue weighted by molar-refractivity contribution is -0.0521. The quantitative estimate of drug-likeness (QED) is 0.800. The Kier molecular flexibility index (Phi) is 4.51. The van der Waals surface area contributed by atoms with E-state index in [0.717, 1.165) is 12.1 Å². The molecular formula is C12H14F3N5O.